The van der Waals surface area contributed by atoms with E-state index in [4.69, 9.17) is 4.74 Å². The van der Waals surface area contributed by atoms with Crippen molar-refractivity contribution in [1.29, 1.82) is 0 Å². The molecule has 2 atom stereocenters. The van der Waals surface area contributed by atoms with Gasteiger partial charge < -0.3 is 9.64 Å². The van der Waals surface area contributed by atoms with Gasteiger partial charge in [0, 0.05) is 31.1 Å². The Kier molecular flexibility index (Phi) is 4.11. The lowest BCUT2D eigenvalue weighted by Crippen LogP contribution is -2.49. The highest BCUT2D eigenvalue weighted by Crippen LogP contribution is 2.38. The molecule has 3 heterocycles. The molecule has 2 saturated heterocycles. The van der Waals surface area contributed by atoms with E-state index >= 15 is 0 Å². The predicted octanol–water partition coefficient (Wildman–Crippen LogP) is 3.57. The van der Waals surface area contributed by atoms with Gasteiger partial charge in [0.2, 0.25) is 0 Å². The SMILES string of the molecule is O=C(c1c(F)cccc1F)N1C2CCC1CC(Oc1cccnc1)C2. The second kappa shape index (κ2) is 6.43. The molecule has 130 valence electrons. The number of hydrogen-bond acceptors (Lipinski definition) is 3. The standard InChI is InChI=1S/C19H18F2N2O2/c20-16-4-1-5-17(21)18(16)19(24)23-12-6-7-13(23)10-15(9-12)25-14-3-2-8-22-11-14/h1-5,8,11-13,15H,6-7,9-10H2. The summed E-state index contributed by atoms with van der Waals surface area (Å²) >= 11 is 0. The maximum atomic E-state index is 14.0. The molecular weight excluding hydrogens is 326 g/mol. The van der Waals surface area contributed by atoms with Crippen molar-refractivity contribution in [3.63, 3.8) is 0 Å². The van der Waals surface area contributed by atoms with Crippen molar-refractivity contribution in [3.05, 3.63) is 59.9 Å². The number of carbonyl (C=O) groups is 1. The Morgan fingerprint density at radius 2 is 1.76 bits per heavy atom. The van der Waals surface area contributed by atoms with E-state index < -0.39 is 23.1 Å². The summed E-state index contributed by atoms with van der Waals surface area (Å²) in [7, 11) is 0. The summed E-state index contributed by atoms with van der Waals surface area (Å²) < 4.78 is 33.9. The number of nitrogens with zero attached hydrogens (tertiary/aromatic N) is 2. The topological polar surface area (TPSA) is 42.4 Å². The van der Waals surface area contributed by atoms with Crippen LogP contribution in [0.3, 0.4) is 0 Å². The number of piperidine rings is 1. The number of carbonyl (C=O) groups excluding carboxylic acids is 1. The van der Waals surface area contributed by atoms with Crippen LogP contribution in [0.1, 0.15) is 36.0 Å². The minimum absolute atomic E-state index is 0.0174. The summed E-state index contributed by atoms with van der Waals surface area (Å²) in [6.07, 6.45) is 6.31. The lowest BCUT2D eigenvalue weighted by atomic mass is 9.98. The highest BCUT2D eigenvalue weighted by molar-refractivity contribution is 5.95. The van der Waals surface area contributed by atoms with Crippen molar-refractivity contribution in [2.45, 2.75) is 43.9 Å². The molecule has 25 heavy (non-hydrogen) atoms. The number of hydrogen-bond donors (Lipinski definition) is 0. The maximum Gasteiger partial charge on any atom is 0.260 e. The first kappa shape index (κ1) is 16.0. The van der Waals surface area contributed by atoms with Crippen LogP contribution in [0, 0.1) is 11.6 Å². The molecule has 6 heteroatoms. The first-order valence-corrected chi connectivity index (χ1v) is 8.47. The molecule has 1 aromatic heterocycles. The van der Waals surface area contributed by atoms with Crippen molar-refractivity contribution >= 4 is 5.91 Å². The zero-order chi connectivity index (χ0) is 17.4. The number of amides is 1. The van der Waals surface area contributed by atoms with E-state index in [1.165, 1.54) is 6.07 Å². The van der Waals surface area contributed by atoms with E-state index in [9.17, 15) is 13.6 Å². The van der Waals surface area contributed by atoms with Gasteiger partial charge in [-0.15, -0.1) is 0 Å². The summed E-state index contributed by atoms with van der Waals surface area (Å²) in [5, 5.41) is 0. The fraction of sp³-hybridized carbons (Fsp3) is 0.368. The van der Waals surface area contributed by atoms with Crippen LogP contribution in [0.4, 0.5) is 8.78 Å². The Morgan fingerprint density at radius 3 is 2.36 bits per heavy atom. The van der Waals surface area contributed by atoms with E-state index in [0.29, 0.717) is 18.6 Å². The molecule has 0 N–H and O–H groups in total. The van der Waals surface area contributed by atoms with Crippen LogP contribution in [0.2, 0.25) is 0 Å². The lowest BCUT2D eigenvalue weighted by Gasteiger charge is -2.39. The molecule has 1 amide bonds. The zero-order valence-electron chi connectivity index (χ0n) is 13.6. The van der Waals surface area contributed by atoms with E-state index in [1.807, 2.05) is 12.1 Å². The van der Waals surface area contributed by atoms with Gasteiger partial charge in [-0.2, -0.15) is 0 Å². The third-order valence-corrected chi connectivity index (χ3v) is 5.04. The van der Waals surface area contributed by atoms with E-state index in [0.717, 1.165) is 25.0 Å². The van der Waals surface area contributed by atoms with Gasteiger partial charge >= 0.3 is 0 Å². The fourth-order valence-electron chi connectivity index (χ4n) is 4.00. The number of fused-ring (bicyclic) bond motifs is 2. The molecule has 2 bridgehead atoms. The Balaban J connectivity index is 1.52. The summed E-state index contributed by atoms with van der Waals surface area (Å²) in [5.41, 5.74) is -0.453. The van der Waals surface area contributed by atoms with Crippen LogP contribution >= 0.6 is 0 Å². The number of rotatable bonds is 3. The minimum atomic E-state index is -0.807. The molecule has 1 aromatic carbocycles. The molecule has 2 aromatic rings. The van der Waals surface area contributed by atoms with Gasteiger partial charge in [0.25, 0.3) is 5.91 Å². The van der Waals surface area contributed by atoms with Gasteiger partial charge in [0.05, 0.1) is 6.20 Å². The Bertz CT molecular complexity index is 750. The molecule has 2 aliphatic rings. The third-order valence-electron chi connectivity index (χ3n) is 5.04. The van der Waals surface area contributed by atoms with Crippen molar-refractivity contribution in [2.75, 3.05) is 0 Å². The van der Waals surface area contributed by atoms with Gasteiger partial charge in [-0.1, -0.05) is 6.07 Å². The predicted molar refractivity (Wildman–Crippen MR) is 87.2 cm³/mol. The van der Waals surface area contributed by atoms with Gasteiger partial charge in [-0.05, 0) is 37.1 Å². The van der Waals surface area contributed by atoms with Crippen molar-refractivity contribution in [3.8, 4) is 5.75 Å². The van der Waals surface area contributed by atoms with Crippen LogP contribution in [0.5, 0.6) is 5.75 Å². The molecule has 2 fully saturated rings. The summed E-state index contributed by atoms with van der Waals surface area (Å²) in [6.45, 7) is 0. The molecule has 2 aliphatic heterocycles. The Hall–Kier alpha value is -2.50. The monoisotopic (exact) mass is 344 g/mol. The first-order valence-electron chi connectivity index (χ1n) is 8.47. The number of pyridine rings is 1. The molecular formula is C19H18F2N2O2. The highest BCUT2D eigenvalue weighted by atomic mass is 19.1. The quantitative estimate of drug-likeness (QED) is 0.855. The molecule has 0 aliphatic carbocycles. The highest BCUT2D eigenvalue weighted by Gasteiger charge is 2.45. The molecule has 4 rings (SSSR count). The minimum Gasteiger partial charge on any atom is -0.489 e. The van der Waals surface area contributed by atoms with Crippen molar-refractivity contribution in [1.82, 2.24) is 9.88 Å². The van der Waals surface area contributed by atoms with Gasteiger partial charge in [-0.3, -0.25) is 9.78 Å². The van der Waals surface area contributed by atoms with E-state index in [2.05, 4.69) is 4.98 Å². The van der Waals surface area contributed by atoms with Gasteiger partial charge in [0.15, 0.2) is 0 Å². The zero-order valence-corrected chi connectivity index (χ0v) is 13.6. The van der Waals surface area contributed by atoms with E-state index in [1.54, 1.807) is 17.3 Å². The fourth-order valence-corrected chi connectivity index (χ4v) is 4.00. The smallest absolute Gasteiger partial charge is 0.260 e. The number of aromatic nitrogens is 1. The molecule has 0 radical (unpaired) electrons. The normalized spacial score (nSPS) is 25.0. The second-order valence-corrected chi connectivity index (χ2v) is 6.59. The summed E-state index contributed by atoms with van der Waals surface area (Å²) in [5.74, 6) is -1.47. The first-order chi connectivity index (χ1) is 12.1. The summed E-state index contributed by atoms with van der Waals surface area (Å²) in [4.78, 5) is 18.5. The van der Waals surface area contributed by atoms with Crippen LogP contribution in [-0.4, -0.2) is 34.0 Å². The van der Waals surface area contributed by atoms with Gasteiger partial charge in [-0.25, -0.2) is 8.78 Å². The van der Waals surface area contributed by atoms with Crippen LogP contribution in [0.25, 0.3) is 0 Å². The largest absolute Gasteiger partial charge is 0.489 e. The van der Waals surface area contributed by atoms with Crippen molar-refractivity contribution < 1.29 is 18.3 Å². The Labute approximate surface area is 144 Å². The average Bonchev–Trinajstić information content (AvgIpc) is 2.86. The van der Waals surface area contributed by atoms with E-state index in [-0.39, 0.29) is 18.2 Å². The second-order valence-electron chi connectivity index (χ2n) is 6.59. The van der Waals surface area contributed by atoms with Gasteiger partial charge in [0.1, 0.15) is 29.1 Å². The van der Waals surface area contributed by atoms with Crippen molar-refractivity contribution in [2.24, 2.45) is 0 Å². The average molecular weight is 344 g/mol. The maximum absolute atomic E-state index is 14.0. The molecule has 4 nitrogen and oxygen atoms in total. The van der Waals surface area contributed by atoms with Crippen LogP contribution in [0.15, 0.2) is 42.7 Å². The summed E-state index contributed by atoms with van der Waals surface area (Å²) in [6, 6.07) is 7.07. The third kappa shape index (κ3) is 2.97. The molecule has 2 unspecified atom stereocenters. The molecule has 0 saturated carbocycles. The van der Waals surface area contributed by atoms with Crippen LogP contribution in [-0.2, 0) is 0 Å². The molecule has 0 spiro atoms. The Morgan fingerprint density at radius 1 is 1.08 bits per heavy atom. The number of halogens is 2. The number of benzene rings is 1. The number of ether oxygens (including phenoxy) is 1. The van der Waals surface area contributed by atoms with Crippen LogP contribution < -0.4 is 4.74 Å². The lowest BCUT2D eigenvalue weighted by molar-refractivity contribution is 0.0350.